The average Bonchev–Trinajstić information content (AvgIpc) is 2.49. The molecule has 0 spiro atoms. The summed E-state index contributed by atoms with van der Waals surface area (Å²) in [4.78, 5) is 25.4. The van der Waals surface area contributed by atoms with Crippen molar-refractivity contribution in [3.63, 3.8) is 0 Å². The predicted octanol–water partition coefficient (Wildman–Crippen LogP) is 2.09. The molecule has 2 rings (SSSR count). The van der Waals surface area contributed by atoms with Gasteiger partial charge in [-0.05, 0) is 18.6 Å². The van der Waals surface area contributed by atoms with Crippen molar-refractivity contribution in [2.24, 2.45) is 5.10 Å². The number of unbranched alkanes of at least 4 members (excludes halogenated alkanes) is 1. The third-order valence-electron chi connectivity index (χ3n) is 3.20. The molecule has 0 radical (unpaired) electrons. The Bertz CT molecular complexity index is 511. The first-order chi connectivity index (χ1) is 9.72. The van der Waals surface area contributed by atoms with E-state index in [-0.39, 0.29) is 11.8 Å². The minimum absolute atomic E-state index is 0.121. The van der Waals surface area contributed by atoms with Crippen LogP contribution in [0.3, 0.4) is 0 Å². The molecular weight excluding hydrogens is 254 g/mol. The third kappa shape index (κ3) is 3.44. The van der Waals surface area contributed by atoms with Gasteiger partial charge in [0.25, 0.3) is 5.91 Å². The Labute approximate surface area is 118 Å². The van der Waals surface area contributed by atoms with Crippen molar-refractivity contribution < 1.29 is 9.59 Å². The summed E-state index contributed by atoms with van der Waals surface area (Å²) in [6, 6.07) is 9.56. The third-order valence-corrected chi connectivity index (χ3v) is 3.20. The Balaban J connectivity index is 2.18. The molecule has 5 nitrogen and oxygen atoms in total. The summed E-state index contributed by atoms with van der Waals surface area (Å²) in [6.07, 6.45) is 2.67. The van der Waals surface area contributed by atoms with E-state index >= 15 is 0 Å². The number of amides is 2. The molecule has 0 atom stereocenters. The minimum Gasteiger partial charge on any atom is -0.307 e. The van der Waals surface area contributed by atoms with Gasteiger partial charge >= 0.3 is 0 Å². The van der Waals surface area contributed by atoms with Gasteiger partial charge in [0.05, 0.1) is 0 Å². The molecule has 0 aromatic heterocycles. The van der Waals surface area contributed by atoms with E-state index in [9.17, 15) is 9.59 Å². The van der Waals surface area contributed by atoms with Crippen LogP contribution in [-0.4, -0.2) is 24.1 Å². The van der Waals surface area contributed by atoms with E-state index < -0.39 is 0 Å². The zero-order valence-corrected chi connectivity index (χ0v) is 11.6. The number of carbonyl (C=O) groups is 2. The number of rotatable bonds is 5. The quantitative estimate of drug-likeness (QED) is 0.893. The number of hydrogen-bond acceptors (Lipinski definition) is 3. The number of hydrazone groups is 1. The smallest absolute Gasteiger partial charge is 0.274 e. The lowest BCUT2D eigenvalue weighted by molar-refractivity contribution is -0.121. The van der Waals surface area contributed by atoms with Gasteiger partial charge in [0, 0.05) is 25.1 Å². The maximum absolute atomic E-state index is 12.6. The van der Waals surface area contributed by atoms with Crippen LogP contribution in [0.5, 0.6) is 0 Å². The second kappa shape index (κ2) is 6.84. The van der Waals surface area contributed by atoms with Crippen LogP contribution in [0.2, 0.25) is 0 Å². The van der Waals surface area contributed by atoms with Crippen molar-refractivity contribution in [2.45, 2.75) is 32.6 Å². The summed E-state index contributed by atoms with van der Waals surface area (Å²) in [5.41, 5.74) is 3.66. The second-order valence-electron chi connectivity index (χ2n) is 4.74. The summed E-state index contributed by atoms with van der Waals surface area (Å²) in [5, 5.41) is 3.89. The molecule has 1 aliphatic heterocycles. The van der Waals surface area contributed by atoms with Crippen LogP contribution in [0.1, 0.15) is 32.6 Å². The first-order valence-corrected chi connectivity index (χ1v) is 6.94. The van der Waals surface area contributed by atoms with Crippen LogP contribution in [0, 0.1) is 0 Å². The molecule has 0 saturated carbocycles. The second-order valence-corrected chi connectivity index (χ2v) is 4.74. The molecule has 5 heteroatoms. The highest BCUT2D eigenvalue weighted by Gasteiger charge is 2.24. The molecule has 1 heterocycles. The maximum Gasteiger partial charge on any atom is 0.274 e. The lowest BCUT2D eigenvalue weighted by atomic mass is 10.1. The van der Waals surface area contributed by atoms with E-state index in [1.165, 1.54) is 0 Å². The summed E-state index contributed by atoms with van der Waals surface area (Å²) in [6.45, 7) is 2.75. The summed E-state index contributed by atoms with van der Waals surface area (Å²) in [7, 11) is 0. The van der Waals surface area contributed by atoms with Gasteiger partial charge in [-0.3, -0.25) is 9.59 Å². The van der Waals surface area contributed by atoms with Crippen molar-refractivity contribution in [2.75, 3.05) is 11.4 Å². The molecule has 2 amide bonds. The zero-order chi connectivity index (χ0) is 14.4. The fraction of sp³-hybridized carbons (Fsp3) is 0.400. The highest BCUT2D eigenvalue weighted by Crippen LogP contribution is 2.16. The molecule has 20 heavy (non-hydrogen) atoms. The Morgan fingerprint density at radius 1 is 1.30 bits per heavy atom. The molecule has 1 aromatic rings. The van der Waals surface area contributed by atoms with E-state index in [4.69, 9.17) is 0 Å². The van der Waals surface area contributed by atoms with Gasteiger partial charge in [-0.25, -0.2) is 5.43 Å². The highest BCUT2D eigenvalue weighted by molar-refractivity contribution is 6.44. The molecular formula is C15H19N3O2. The summed E-state index contributed by atoms with van der Waals surface area (Å²) in [5.74, 6) is -0.258. The number of para-hydroxylation sites is 1. The van der Waals surface area contributed by atoms with Crippen molar-refractivity contribution in [3.05, 3.63) is 30.3 Å². The SMILES string of the molecule is CCCCN(C(=O)C1=NNC(=O)CC1)c1ccccc1. The normalized spacial score (nSPS) is 14.4. The van der Waals surface area contributed by atoms with Gasteiger partial charge in [-0.15, -0.1) is 0 Å². The number of nitrogens with one attached hydrogen (secondary N) is 1. The Hall–Kier alpha value is -2.17. The van der Waals surface area contributed by atoms with E-state index in [2.05, 4.69) is 17.5 Å². The lowest BCUT2D eigenvalue weighted by Crippen LogP contribution is -2.40. The number of anilines is 1. The van der Waals surface area contributed by atoms with Crippen LogP contribution in [0.25, 0.3) is 0 Å². The monoisotopic (exact) mass is 273 g/mol. The highest BCUT2D eigenvalue weighted by atomic mass is 16.2. The summed E-state index contributed by atoms with van der Waals surface area (Å²) < 4.78 is 0. The standard InChI is InChI=1S/C15H19N3O2/c1-2-3-11-18(12-7-5-4-6-8-12)15(20)13-9-10-14(19)17-16-13/h4-8H,2-3,9-11H2,1H3,(H,17,19). The molecule has 0 aliphatic carbocycles. The number of carbonyl (C=O) groups excluding carboxylic acids is 2. The topological polar surface area (TPSA) is 61.8 Å². The van der Waals surface area contributed by atoms with Gasteiger partial charge in [0.1, 0.15) is 5.71 Å². The molecule has 1 aromatic carbocycles. The summed E-state index contributed by atoms with van der Waals surface area (Å²) >= 11 is 0. The van der Waals surface area contributed by atoms with Crippen LogP contribution >= 0.6 is 0 Å². The van der Waals surface area contributed by atoms with Crippen molar-refractivity contribution in [1.82, 2.24) is 5.43 Å². The Kier molecular flexibility index (Phi) is 4.87. The maximum atomic E-state index is 12.6. The largest absolute Gasteiger partial charge is 0.307 e. The van der Waals surface area contributed by atoms with E-state index in [1.807, 2.05) is 30.3 Å². The van der Waals surface area contributed by atoms with Crippen molar-refractivity contribution >= 4 is 23.2 Å². The van der Waals surface area contributed by atoms with E-state index in [0.29, 0.717) is 25.1 Å². The van der Waals surface area contributed by atoms with Gasteiger partial charge in [0.15, 0.2) is 0 Å². The van der Waals surface area contributed by atoms with Crippen LogP contribution in [0.15, 0.2) is 35.4 Å². The molecule has 1 N–H and O–H groups in total. The Morgan fingerprint density at radius 3 is 2.65 bits per heavy atom. The number of nitrogens with zero attached hydrogens (tertiary/aromatic N) is 2. The van der Waals surface area contributed by atoms with Crippen LogP contribution in [-0.2, 0) is 9.59 Å². The lowest BCUT2D eigenvalue weighted by Gasteiger charge is -2.24. The molecule has 0 unspecified atom stereocenters. The van der Waals surface area contributed by atoms with Crippen LogP contribution in [0.4, 0.5) is 5.69 Å². The van der Waals surface area contributed by atoms with E-state index in [0.717, 1.165) is 18.5 Å². The molecule has 0 fully saturated rings. The fourth-order valence-electron chi connectivity index (χ4n) is 2.06. The molecule has 0 saturated heterocycles. The van der Waals surface area contributed by atoms with E-state index in [1.54, 1.807) is 4.90 Å². The molecule has 106 valence electrons. The van der Waals surface area contributed by atoms with Crippen molar-refractivity contribution in [1.29, 1.82) is 0 Å². The van der Waals surface area contributed by atoms with Crippen LogP contribution < -0.4 is 10.3 Å². The first kappa shape index (κ1) is 14.2. The van der Waals surface area contributed by atoms with Gasteiger partial charge in [-0.2, -0.15) is 5.10 Å². The number of hydrogen-bond donors (Lipinski definition) is 1. The van der Waals surface area contributed by atoms with Gasteiger partial charge in [-0.1, -0.05) is 31.5 Å². The number of benzene rings is 1. The zero-order valence-electron chi connectivity index (χ0n) is 11.6. The first-order valence-electron chi connectivity index (χ1n) is 6.94. The fourth-order valence-corrected chi connectivity index (χ4v) is 2.06. The predicted molar refractivity (Wildman–Crippen MR) is 78.5 cm³/mol. The molecule has 0 bridgehead atoms. The average molecular weight is 273 g/mol. The van der Waals surface area contributed by atoms with Gasteiger partial charge < -0.3 is 4.90 Å². The van der Waals surface area contributed by atoms with Gasteiger partial charge in [0.2, 0.25) is 5.91 Å². The molecule has 1 aliphatic rings. The Morgan fingerprint density at radius 2 is 2.05 bits per heavy atom. The van der Waals surface area contributed by atoms with Crippen molar-refractivity contribution in [3.8, 4) is 0 Å². The minimum atomic E-state index is -0.138.